The molecule has 0 amide bonds. The molecule has 0 aromatic heterocycles. The topological polar surface area (TPSA) is 60.3 Å². The maximum absolute atomic E-state index is 12.6. The Bertz CT molecular complexity index is 777. The molecule has 2 heterocycles. The molecule has 3 aliphatic rings. The van der Waals surface area contributed by atoms with Crippen LogP contribution in [0.1, 0.15) is 6.42 Å². The summed E-state index contributed by atoms with van der Waals surface area (Å²) in [4.78, 5) is 8.96. The lowest BCUT2D eigenvalue weighted by atomic mass is 9.92. The van der Waals surface area contributed by atoms with Crippen LogP contribution in [0.15, 0.2) is 64.2 Å². The van der Waals surface area contributed by atoms with Crippen molar-refractivity contribution < 1.29 is 14.2 Å². The van der Waals surface area contributed by atoms with E-state index in [0.717, 1.165) is 17.7 Å². The van der Waals surface area contributed by atoms with Gasteiger partial charge in [0.2, 0.25) is 0 Å². The van der Waals surface area contributed by atoms with Gasteiger partial charge in [-0.3, -0.25) is 9.89 Å². The van der Waals surface area contributed by atoms with Crippen LogP contribution in [0, 0.1) is 0 Å². The van der Waals surface area contributed by atoms with Crippen molar-refractivity contribution in [1.82, 2.24) is 15.1 Å². The Hall–Kier alpha value is -2.38. The number of aliphatic hydroxyl groups excluding tert-OH is 1. The summed E-state index contributed by atoms with van der Waals surface area (Å²) in [5, 5.41) is 12.8. The van der Waals surface area contributed by atoms with E-state index in [4.69, 9.17) is 9.73 Å². The van der Waals surface area contributed by atoms with Gasteiger partial charge in [-0.2, -0.15) is 0 Å². The first kappa shape index (κ1) is 20.4. The lowest BCUT2D eigenvalue weighted by Crippen LogP contribution is -2.43. The van der Waals surface area contributed by atoms with Crippen molar-refractivity contribution in [3.63, 3.8) is 0 Å². The second-order valence-corrected chi connectivity index (χ2v) is 7.57. The normalized spacial score (nSPS) is 24.9. The van der Waals surface area contributed by atoms with E-state index in [1.807, 2.05) is 51.4 Å². The van der Waals surface area contributed by atoms with Crippen molar-refractivity contribution in [3.8, 4) is 0 Å². The number of dihydropyridines is 2. The van der Waals surface area contributed by atoms with Gasteiger partial charge in [-0.1, -0.05) is 12.2 Å². The molecule has 152 valence electrons. The fourth-order valence-corrected chi connectivity index (χ4v) is 3.28. The Labute approximate surface area is 166 Å². The Kier molecular flexibility index (Phi) is 6.36. The fourth-order valence-electron chi connectivity index (χ4n) is 3.28. The Balaban J connectivity index is 1.78. The van der Waals surface area contributed by atoms with E-state index in [1.54, 1.807) is 0 Å². The molecular formula is C21H29FN4O2. The lowest BCUT2D eigenvalue weighted by molar-refractivity contribution is 0.0382. The molecule has 0 saturated heterocycles. The number of ether oxygens (including phenoxy) is 1. The second-order valence-electron chi connectivity index (χ2n) is 7.57. The first-order chi connectivity index (χ1) is 13.4. The standard InChI is InChI=1S/C21H29FN4O2/c1-25(2)16-6-8-18-14(9-16)5-7-19(24-18)15-10-20(28-13-17(27)11-22)21(23-12-15)26(3)4/h5-7,9-10,12,17-18,21,23,27H,8,11,13H2,1-4H3/t17?,18-,21+/m0/s1. The summed E-state index contributed by atoms with van der Waals surface area (Å²) in [6.07, 6.45) is 11.9. The zero-order valence-corrected chi connectivity index (χ0v) is 16.9. The van der Waals surface area contributed by atoms with Gasteiger partial charge in [0.25, 0.3) is 0 Å². The SMILES string of the molecule is CN(C)C1=CC[C@@H]2N=C(C3=CN[C@H](N(C)C)C(OCC(O)CF)=C3)C=CC2=C1. The van der Waals surface area contributed by atoms with E-state index in [9.17, 15) is 9.50 Å². The number of aliphatic hydroxyl groups is 1. The van der Waals surface area contributed by atoms with Gasteiger partial charge in [-0.05, 0) is 44.3 Å². The molecule has 0 aromatic rings. The van der Waals surface area contributed by atoms with Crippen molar-refractivity contribution >= 4 is 5.71 Å². The van der Waals surface area contributed by atoms with Crippen LogP contribution in [0.5, 0.6) is 0 Å². The molecule has 0 radical (unpaired) electrons. The molecule has 3 atom stereocenters. The third-order valence-electron chi connectivity index (χ3n) is 4.89. The Morgan fingerprint density at radius 2 is 2.07 bits per heavy atom. The maximum atomic E-state index is 12.6. The van der Waals surface area contributed by atoms with Crippen LogP contribution in [0.25, 0.3) is 0 Å². The summed E-state index contributed by atoms with van der Waals surface area (Å²) in [5.74, 6) is 0.630. The number of fused-ring (bicyclic) bond motifs is 1. The molecule has 1 aliphatic carbocycles. The molecule has 3 rings (SSSR count). The van der Waals surface area contributed by atoms with Crippen molar-refractivity contribution in [2.24, 2.45) is 4.99 Å². The lowest BCUT2D eigenvalue weighted by Gasteiger charge is -2.31. The van der Waals surface area contributed by atoms with Gasteiger partial charge in [0.15, 0.2) is 0 Å². The van der Waals surface area contributed by atoms with Gasteiger partial charge in [-0.25, -0.2) is 4.39 Å². The van der Waals surface area contributed by atoms with E-state index in [0.29, 0.717) is 5.76 Å². The molecule has 28 heavy (non-hydrogen) atoms. The average Bonchev–Trinajstić information content (AvgIpc) is 2.70. The summed E-state index contributed by atoms with van der Waals surface area (Å²) in [7, 11) is 7.92. The van der Waals surface area contributed by atoms with Crippen LogP contribution < -0.4 is 5.32 Å². The van der Waals surface area contributed by atoms with Crippen molar-refractivity contribution in [2.75, 3.05) is 41.5 Å². The number of alkyl halides is 1. The molecule has 0 bridgehead atoms. The number of nitrogens with zero attached hydrogens (tertiary/aromatic N) is 3. The average molecular weight is 388 g/mol. The van der Waals surface area contributed by atoms with E-state index in [1.165, 1.54) is 11.3 Å². The summed E-state index contributed by atoms with van der Waals surface area (Å²) in [5.41, 5.74) is 4.18. The monoisotopic (exact) mass is 388 g/mol. The maximum Gasteiger partial charge on any atom is 0.138 e. The highest BCUT2D eigenvalue weighted by Gasteiger charge is 2.25. The van der Waals surface area contributed by atoms with Crippen LogP contribution in [0.2, 0.25) is 0 Å². The number of likely N-dealkylation sites (N-methyl/N-ethyl adjacent to an activating group) is 2. The van der Waals surface area contributed by atoms with Gasteiger partial charge in [0, 0.05) is 31.6 Å². The molecule has 0 spiro atoms. The highest BCUT2D eigenvalue weighted by Crippen LogP contribution is 2.28. The van der Waals surface area contributed by atoms with E-state index in [2.05, 4.69) is 28.4 Å². The minimum Gasteiger partial charge on any atom is -0.491 e. The van der Waals surface area contributed by atoms with Crippen molar-refractivity contribution in [2.45, 2.75) is 24.7 Å². The second kappa shape index (κ2) is 8.75. The van der Waals surface area contributed by atoms with Gasteiger partial charge in [0.05, 0.1) is 11.8 Å². The Morgan fingerprint density at radius 3 is 2.75 bits per heavy atom. The first-order valence-corrected chi connectivity index (χ1v) is 9.45. The third kappa shape index (κ3) is 4.54. The predicted molar refractivity (Wildman–Crippen MR) is 110 cm³/mol. The highest BCUT2D eigenvalue weighted by atomic mass is 19.1. The Morgan fingerprint density at radius 1 is 1.29 bits per heavy atom. The van der Waals surface area contributed by atoms with E-state index < -0.39 is 12.8 Å². The van der Waals surface area contributed by atoms with Crippen LogP contribution in [-0.4, -0.2) is 80.4 Å². The number of hydrogen-bond acceptors (Lipinski definition) is 6. The molecule has 0 fully saturated rings. The van der Waals surface area contributed by atoms with E-state index >= 15 is 0 Å². The largest absolute Gasteiger partial charge is 0.491 e. The first-order valence-electron chi connectivity index (χ1n) is 9.45. The van der Waals surface area contributed by atoms with Crippen LogP contribution >= 0.6 is 0 Å². The number of aliphatic imine (C=N–C) groups is 1. The number of hydrogen-bond donors (Lipinski definition) is 2. The van der Waals surface area contributed by atoms with Crippen LogP contribution in [0.4, 0.5) is 4.39 Å². The van der Waals surface area contributed by atoms with Crippen LogP contribution in [-0.2, 0) is 4.74 Å². The smallest absolute Gasteiger partial charge is 0.138 e. The van der Waals surface area contributed by atoms with E-state index in [-0.39, 0.29) is 18.8 Å². The molecular weight excluding hydrogens is 359 g/mol. The minimum absolute atomic E-state index is 0.0857. The summed E-state index contributed by atoms with van der Waals surface area (Å²) < 4.78 is 18.3. The number of halogens is 1. The molecule has 7 heteroatoms. The van der Waals surface area contributed by atoms with Gasteiger partial charge < -0.3 is 20.1 Å². The predicted octanol–water partition coefficient (Wildman–Crippen LogP) is 1.75. The van der Waals surface area contributed by atoms with Gasteiger partial charge in [0.1, 0.15) is 31.3 Å². The third-order valence-corrected chi connectivity index (χ3v) is 4.89. The summed E-state index contributed by atoms with van der Waals surface area (Å²) >= 11 is 0. The zero-order valence-electron chi connectivity index (χ0n) is 16.9. The number of nitrogens with one attached hydrogen (secondary N) is 1. The van der Waals surface area contributed by atoms with Crippen LogP contribution in [0.3, 0.4) is 0 Å². The zero-order chi connectivity index (χ0) is 20.3. The van der Waals surface area contributed by atoms with Gasteiger partial charge in [-0.15, -0.1) is 0 Å². The van der Waals surface area contributed by atoms with Crippen molar-refractivity contribution in [3.05, 3.63) is 59.2 Å². The minimum atomic E-state index is -1.13. The summed E-state index contributed by atoms with van der Waals surface area (Å²) in [6, 6.07) is 0.113. The molecule has 0 aromatic carbocycles. The number of rotatable bonds is 7. The highest BCUT2D eigenvalue weighted by molar-refractivity contribution is 6.11. The molecule has 2 aliphatic heterocycles. The quantitative estimate of drug-likeness (QED) is 0.696. The molecule has 2 N–H and O–H groups in total. The van der Waals surface area contributed by atoms with Crippen molar-refractivity contribution in [1.29, 1.82) is 0 Å². The number of allylic oxidation sites excluding steroid dienone is 4. The summed E-state index contributed by atoms with van der Waals surface area (Å²) in [6.45, 7) is -0.914. The molecule has 0 saturated carbocycles. The van der Waals surface area contributed by atoms with Gasteiger partial charge >= 0.3 is 0 Å². The molecule has 6 nitrogen and oxygen atoms in total. The molecule has 1 unspecified atom stereocenters. The fraction of sp³-hybridized carbons (Fsp3) is 0.476.